The number of hydrogen-bond donors (Lipinski definition) is 2. The quantitative estimate of drug-likeness (QED) is 0.409. The predicted molar refractivity (Wildman–Crippen MR) is 85.3 cm³/mol. The van der Waals surface area contributed by atoms with Crippen LogP contribution in [-0.4, -0.2) is 45.9 Å². The fourth-order valence-corrected chi connectivity index (χ4v) is 2.02. The average Bonchev–Trinajstić information content (AvgIpc) is 2.49. The van der Waals surface area contributed by atoms with Crippen LogP contribution in [-0.2, 0) is 9.59 Å². The highest BCUT2D eigenvalue weighted by Crippen LogP contribution is 2.15. The van der Waals surface area contributed by atoms with Gasteiger partial charge in [0.15, 0.2) is 0 Å². The maximum Gasteiger partial charge on any atom is 0.323 e. The number of carbonyl (C=O) groups is 2. The van der Waals surface area contributed by atoms with E-state index in [0.717, 1.165) is 5.69 Å². The van der Waals surface area contributed by atoms with Gasteiger partial charge in [-0.1, -0.05) is 0 Å². The van der Waals surface area contributed by atoms with Crippen molar-refractivity contribution in [2.24, 2.45) is 0 Å². The number of anilines is 1. The molecule has 8 heteroatoms. The lowest BCUT2D eigenvalue weighted by atomic mass is 10.2. The summed E-state index contributed by atoms with van der Waals surface area (Å²) >= 11 is 0. The van der Waals surface area contributed by atoms with Crippen LogP contribution in [0, 0.1) is 10.1 Å². The number of rotatable bonds is 9. The number of benzene rings is 1. The van der Waals surface area contributed by atoms with Crippen LogP contribution in [0.4, 0.5) is 11.4 Å². The molecule has 23 heavy (non-hydrogen) atoms. The Labute approximate surface area is 134 Å². The lowest BCUT2D eigenvalue weighted by Gasteiger charge is -2.24. The highest BCUT2D eigenvalue weighted by atomic mass is 16.6. The first-order valence-electron chi connectivity index (χ1n) is 7.31. The molecule has 0 aliphatic rings. The summed E-state index contributed by atoms with van der Waals surface area (Å²) in [6.45, 7) is 3.76. The van der Waals surface area contributed by atoms with Crippen molar-refractivity contribution < 1.29 is 19.6 Å². The first kappa shape index (κ1) is 18.4. The fraction of sp³-hybridized carbons (Fsp3) is 0.467. The summed E-state index contributed by atoms with van der Waals surface area (Å²) in [5, 5.41) is 22.4. The van der Waals surface area contributed by atoms with Crippen molar-refractivity contribution in [3.63, 3.8) is 0 Å². The molecule has 1 aromatic carbocycles. The van der Waals surface area contributed by atoms with Crippen LogP contribution in [0.2, 0.25) is 0 Å². The number of carboxylic acids is 1. The van der Waals surface area contributed by atoms with Gasteiger partial charge in [-0.25, -0.2) is 0 Å². The molecule has 0 heterocycles. The molecule has 0 aromatic heterocycles. The van der Waals surface area contributed by atoms with Crippen LogP contribution in [0.1, 0.15) is 26.7 Å². The molecule has 0 aliphatic carbocycles. The van der Waals surface area contributed by atoms with Crippen LogP contribution in [0.5, 0.6) is 0 Å². The fourth-order valence-electron chi connectivity index (χ4n) is 2.02. The second kappa shape index (κ2) is 8.72. The number of amides is 1. The first-order valence-corrected chi connectivity index (χ1v) is 7.31. The van der Waals surface area contributed by atoms with Gasteiger partial charge in [0.05, 0.1) is 4.92 Å². The number of non-ortho nitro benzene ring substituents is 1. The third-order valence-corrected chi connectivity index (χ3v) is 3.22. The lowest BCUT2D eigenvalue weighted by Crippen LogP contribution is -2.40. The molecule has 0 unspecified atom stereocenters. The van der Waals surface area contributed by atoms with Gasteiger partial charge in [-0.2, -0.15) is 0 Å². The third kappa shape index (κ3) is 6.33. The number of nitrogens with zero attached hydrogens (tertiary/aromatic N) is 2. The van der Waals surface area contributed by atoms with Gasteiger partial charge in [0.1, 0.15) is 6.54 Å². The van der Waals surface area contributed by atoms with Crippen molar-refractivity contribution in [3.05, 3.63) is 34.4 Å². The van der Waals surface area contributed by atoms with Gasteiger partial charge >= 0.3 is 5.97 Å². The minimum atomic E-state index is -1.03. The number of hydrogen-bond acceptors (Lipinski definition) is 5. The summed E-state index contributed by atoms with van der Waals surface area (Å²) in [6, 6.07) is 5.85. The van der Waals surface area contributed by atoms with Gasteiger partial charge in [-0.15, -0.1) is 0 Å². The molecule has 2 N–H and O–H groups in total. The largest absolute Gasteiger partial charge is 0.480 e. The minimum Gasteiger partial charge on any atom is -0.480 e. The van der Waals surface area contributed by atoms with Crippen molar-refractivity contribution in [1.29, 1.82) is 0 Å². The highest BCUT2D eigenvalue weighted by molar-refractivity contribution is 5.81. The van der Waals surface area contributed by atoms with Crippen LogP contribution in [0.25, 0.3) is 0 Å². The topological polar surface area (TPSA) is 113 Å². The number of carbonyl (C=O) groups excluding carboxylic acids is 1. The van der Waals surface area contributed by atoms with Gasteiger partial charge in [0.2, 0.25) is 5.91 Å². The lowest BCUT2D eigenvalue weighted by molar-refractivity contribution is -0.384. The van der Waals surface area contributed by atoms with Crippen LogP contribution in [0.15, 0.2) is 24.3 Å². The molecule has 1 rings (SSSR count). The van der Waals surface area contributed by atoms with Crippen molar-refractivity contribution in [1.82, 2.24) is 4.90 Å². The number of carboxylic acid groups (broad SMARTS) is 1. The second-order valence-corrected chi connectivity index (χ2v) is 5.34. The third-order valence-electron chi connectivity index (χ3n) is 3.22. The van der Waals surface area contributed by atoms with E-state index in [1.807, 2.05) is 0 Å². The molecule has 0 atom stereocenters. The Balaban J connectivity index is 2.39. The molecule has 126 valence electrons. The molecule has 8 nitrogen and oxygen atoms in total. The Morgan fingerprint density at radius 3 is 2.39 bits per heavy atom. The summed E-state index contributed by atoms with van der Waals surface area (Å²) in [5.74, 6) is -1.23. The van der Waals surface area contributed by atoms with Gasteiger partial charge in [-0.05, 0) is 32.4 Å². The maximum atomic E-state index is 12.0. The Bertz CT molecular complexity index is 557. The number of nitrogens with one attached hydrogen (secondary N) is 1. The summed E-state index contributed by atoms with van der Waals surface area (Å²) in [7, 11) is 0. The molecule has 1 amide bonds. The highest BCUT2D eigenvalue weighted by Gasteiger charge is 2.19. The smallest absolute Gasteiger partial charge is 0.323 e. The molecule has 0 saturated carbocycles. The zero-order valence-corrected chi connectivity index (χ0v) is 13.2. The Kier molecular flexibility index (Phi) is 6.98. The molecule has 0 saturated heterocycles. The number of aliphatic carboxylic acids is 1. The van der Waals surface area contributed by atoms with E-state index in [9.17, 15) is 19.7 Å². The summed E-state index contributed by atoms with van der Waals surface area (Å²) in [6.07, 6.45) is 0.782. The predicted octanol–water partition coefficient (Wildman–Crippen LogP) is 2.11. The first-order chi connectivity index (χ1) is 10.8. The summed E-state index contributed by atoms with van der Waals surface area (Å²) < 4.78 is 0. The van der Waals surface area contributed by atoms with E-state index in [1.54, 1.807) is 26.0 Å². The van der Waals surface area contributed by atoms with E-state index >= 15 is 0 Å². The van der Waals surface area contributed by atoms with Gasteiger partial charge < -0.3 is 15.3 Å². The minimum absolute atomic E-state index is 0.0203. The standard InChI is InChI=1S/C15H21N3O5/c1-11(2)17(10-15(20)21)14(19)4-3-9-16-12-5-7-13(8-6-12)18(22)23/h5-8,11,16H,3-4,9-10H2,1-2H3,(H,20,21). The Hall–Kier alpha value is -2.64. The molecule has 0 fully saturated rings. The second-order valence-electron chi connectivity index (χ2n) is 5.34. The van der Waals surface area contributed by atoms with Crippen molar-refractivity contribution in [2.75, 3.05) is 18.4 Å². The Morgan fingerprint density at radius 1 is 1.30 bits per heavy atom. The molecule has 0 aliphatic heterocycles. The van der Waals surface area contributed by atoms with E-state index < -0.39 is 10.9 Å². The van der Waals surface area contributed by atoms with Gasteiger partial charge in [-0.3, -0.25) is 19.7 Å². The van der Waals surface area contributed by atoms with Crippen molar-refractivity contribution >= 4 is 23.3 Å². The number of nitro benzene ring substituents is 1. The van der Waals surface area contributed by atoms with Crippen molar-refractivity contribution in [2.45, 2.75) is 32.7 Å². The molecule has 0 spiro atoms. The van der Waals surface area contributed by atoms with E-state index in [4.69, 9.17) is 5.11 Å². The zero-order valence-electron chi connectivity index (χ0n) is 13.2. The summed E-state index contributed by atoms with van der Waals surface area (Å²) in [4.78, 5) is 34.2. The molecule has 0 bridgehead atoms. The van der Waals surface area contributed by atoms with E-state index in [-0.39, 0.29) is 30.6 Å². The monoisotopic (exact) mass is 323 g/mol. The van der Waals surface area contributed by atoms with Crippen molar-refractivity contribution in [3.8, 4) is 0 Å². The molecule has 0 radical (unpaired) electrons. The van der Waals surface area contributed by atoms with Crippen LogP contribution < -0.4 is 5.32 Å². The zero-order chi connectivity index (χ0) is 17.4. The van der Waals surface area contributed by atoms with Gasteiger partial charge in [0, 0.05) is 36.8 Å². The van der Waals surface area contributed by atoms with E-state index in [1.165, 1.54) is 17.0 Å². The summed E-state index contributed by atoms with van der Waals surface area (Å²) in [5.41, 5.74) is 0.751. The maximum absolute atomic E-state index is 12.0. The average molecular weight is 323 g/mol. The normalized spacial score (nSPS) is 10.4. The number of nitro groups is 1. The molecule has 1 aromatic rings. The molecular formula is C15H21N3O5. The van der Waals surface area contributed by atoms with Crippen LogP contribution >= 0.6 is 0 Å². The van der Waals surface area contributed by atoms with E-state index in [2.05, 4.69) is 5.32 Å². The molecular weight excluding hydrogens is 302 g/mol. The van der Waals surface area contributed by atoms with Gasteiger partial charge in [0.25, 0.3) is 5.69 Å². The van der Waals surface area contributed by atoms with E-state index in [0.29, 0.717) is 13.0 Å². The van der Waals surface area contributed by atoms with Crippen LogP contribution in [0.3, 0.4) is 0 Å². The SMILES string of the molecule is CC(C)N(CC(=O)O)C(=O)CCCNc1ccc([N+](=O)[O-])cc1. The Morgan fingerprint density at radius 2 is 1.91 bits per heavy atom.